The van der Waals surface area contributed by atoms with Gasteiger partial charge in [0.15, 0.2) is 0 Å². The number of carbonyl (C=O) groups is 1. The number of carbonyl (C=O) groups excluding carboxylic acids is 1. The van der Waals surface area contributed by atoms with Crippen molar-refractivity contribution in [1.29, 1.82) is 0 Å². The highest BCUT2D eigenvalue weighted by Crippen LogP contribution is 2.17. The molecular weight excluding hydrogens is 138 g/mol. The molecule has 0 spiro atoms. The second-order valence-electron chi connectivity index (χ2n) is 2.20. The van der Waals surface area contributed by atoms with Crippen LogP contribution in [0, 0.1) is 5.21 Å². The van der Waals surface area contributed by atoms with E-state index in [-0.39, 0.29) is 5.59 Å². The lowest BCUT2D eigenvalue weighted by Gasteiger charge is -2.44. The first-order valence-electron chi connectivity index (χ1n) is 2.91. The fourth-order valence-electron chi connectivity index (χ4n) is 0.742. The normalized spacial score (nSPS) is 22.8. The van der Waals surface area contributed by atoms with E-state index in [1.165, 1.54) is 0 Å². The van der Waals surface area contributed by atoms with E-state index in [2.05, 4.69) is 4.84 Å². The lowest BCUT2D eigenvalue weighted by atomic mass is 10.3. The van der Waals surface area contributed by atoms with Crippen LogP contribution >= 0.6 is 0 Å². The molecule has 0 radical (unpaired) electrons. The van der Waals surface area contributed by atoms with Gasteiger partial charge in [-0.3, -0.25) is 9.63 Å². The second-order valence-corrected chi connectivity index (χ2v) is 3.01. The van der Waals surface area contributed by atoms with Gasteiger partial charge in [0.25, 0.3) is 0 Å². The zero-order valence-corrected chi connectivity index (χ0v) is 7.29. The van der Waals surface area contributed by atoms with Crippen LogP contribution in [-0.2, 0) is 4.84 Å². The van der Waals surface area contributed by atoms with Crippen molar-refractivity contribution in [3.63, 3.8) is 0 Å². The summed E-state index contributed by atoms with van der Waals surface area (Å²) in [6.45, 7) is 0.877. The van der Waals surface area contributed by atoms with Gasteiger partial charge in [0.05, 0.1) is 6.42 Å². The molecule has 1 saturated heterocycles. The first kappa shape index (κ1) is 6.72. The summed E-state index contributed by atoms with van der Waals surface area (Å²) < 4.78 is 0. The Labute approximate surface area is 55.9 Å². The van der Waals surface area contributed by atoms with Crippen LogP contribution in [0.1, 0.15) is 6.42 Å². The molecule has 1 aliphatic rings. The van der Waals surface area contributed by atoms with Crippen LogP contribution in [0.4, 0.5) is 4.79 Å². The van der Waals surface area contributed by atoms with Gasteiger partial charge in [-0.2, -0.15) is 4.81 Å². The van der Waals surface area contributed by atoms with Crippen LogP contribution < -0.4 is 0 Å². The van der Waals surface area contributed by atoms with E-state index in [0.29, 0.717) is 23.3 Å². The molecule has 1 aliphatic heterocycles. The van der Waals surface area contributed by atoms with Gasteiger partial charge in [0.1, 0.15) is 23.3 Å². The summed E-state index contributed by atoms with van der Waals surface area (Å²) in [5.74, 6) is 0. The Bertz CT molecular complexity index is 134. The van der Waals surface area contributed by atoms with Crippen molar-refractivity contribution >= 4 is 15.8 Å². The molecule has 5 heteroatoms. The van der Waals surface area contributed by atoms with Crippen molar-refractivity contribution < 1.29 is 14.4 Å². The topological polar surface area (TPSA) is 49.4 Å². The van der Waals surface area contributed by atoms with Crippen LogP contribution in [0.25, 0.3) is 0 Å². The van der Waals surface area contributed by atoms with Crippen molar-refractivity contribution in [3.05, 3.63) is 5.21 Å². The third-order valence-corrected chi connectivity index (χ3v) is 1.48. The van der Waals surface area contributed by atoms with Crippen LogP contribution in [0.5, 0.6) is 0 Å². The molecule has 52 valence electrons. The van der Waals surface area contributed by atoms with Crippen molar-refractivity contribution in [2.24, 2.45) is 0 Å². The lowest BCUT2D eigenvalue weighted by molar-refractivity contribution is -1.08. The number of hydroxylamine groups is 4. The molecule has 0 aromatic carbocycles. The zero-order chi connectivity index (χ0) is 6.91. The van der Waals surface area contributed by atoms with E-state index in [1.807, 2.05) is 0 Å². The minimum absolute atomic E-state index is 0.312. The SMILES string of the molecule is O=C([SiH3])O[N+]1([O-])CCC1. The number of quaternary nitrogens is 1. The minimum Gasteiger partial charge on any atom is -0.589 e. The minimum atomic E-state index is -0.734. The Morgan fingerprint density at radius 1 is 1.67 bits per heavy atom. The highest BCUT2D eigenvalue weighted by atomic mass is 28.1. The molecule has 0 N–H and O–H groups in total. The molecule has 0 saturated carbocycles. The Hall–Kier alpha value is -0.393. The Morgan fingerprint density at radius 2 is 2.22 bits per heavy atom. The molecule has 1 rings (SSSR count). The van der Waals surface area contributed by atoms with Crippen LogP contribution in [0.2, 0.25) is 0 Å². The van der Waals surface area contributed by atoms with E-state index < -0.39 is 4.81 Å². The summed E-state index contributed by atoms with van der Waals surface area (Å²) in [7, 11) is 0.312. The Morgan fingerprint density at radius 3 is 2.33 bits per heavy atom. The summed E-state index contributed by atoms with van der Waals surface area (Å²) in [5.41, 5.74) is -0.357. The molecule has 0 unspecified atom stereocenters. The monoisotopic (exact) mass is 147 g/mol. The molecule has 0 aromatic rings. The predicted octanol–water partition coefficient (Wildman–Crippen LogP) is -0.878. The molecule has 0 aromatic heterocycles. The van der Waals surface area contributed by atoms with Crippen molar-refractivity contribution in [2.45, 2.75) is 6.42 Å². The molecule has 1 fully saturated rings. The first-order chi connectivity index (χ1) is 4.12. The molecule has 0 bridgehead atoms. The third-order valence-electron chi connectivity index (χ3n) is 1.29. The summed E-state index contributed by atoms with van der Waals surface area (Å²) in [4.78, 5) is 14.0. The average molecular weight is 147 g/mol. The number of hydrogen-bond donors (Lipinski definition) is 0. The second kappa shape index (κ2) is 2.09. The van der Waals surface area contributed by atoms with Gasteiger partial charge in [-0.25, -0.2) is 0 Å². The number of nitrogens with zero attached hydrogens (tertiary/aromatic N) is 1. The van der Waals surface area contributed by atoms with Gasteiger partial charge in [-0.1, -0.05) is 0 Å². The van der Waals surface area contributed by atoms with Crippen LogP contribution in [0.15, 0.2) is 0 Å². The third kappa shape index (κ3) is 1.50. The molecule has 1 heterocycles. The summed E-state index contributed by atoms with van der Waals surface area (Å²) in [6.07, 6.45) is 0.873. The van der Waals surface area contributed by atoms with Gasteiger partial charge < -0.3 is 5.21 Å². The molecule has 4 nitrogen and oxygen atoms in total. The van der Waals surface area contributed by atoms with Crippen molar-refractivity contribution in [2.75, 3.05) is 13.1 Å². The summed E-state index contributed by atoms with van der Waals surface area (Å²) in [6, 6.07) is 0. The van der Waals surface area contributed by atoms with Gasteiger partial charge in [0, 0.05) is 0 Å². The predicted molar refractivity (Wildman–Crippen MR) is 34.4 cm³/mol. The van der Waals surface area contributed by atoms with E-state index >= 15 is 0 Å². The van der Waals surface area contributed by atoms with Crippen molar-refractivity contribution in [1.82, 2.24) is 0 Å². The first-order valence-corrected chi connectivity index (χ1v) is 3.91. The van der Waals surface area contributed by atoms with Crippen LogP contribution in [0.3, 0.4) is 0 Å². The number of rotatable bonds is 1. The molecule has 0 aliphatic carbocycles. The zero-order valence-electron chi connectivity index (χ0n) is 5.29. The fourth-order valence-corrected chi connectivity index (χ4v) is 1.07. The average Bonchev–Trinajstić information content (AvgIpc) is 1.60. The molecule has 9 heavy (non-hydrogen) atoms. The molecule has 0 atom stereocenters. The number of hydrogen-bond acceptors (Lipinski definition) is 3. The molecule has 0 amide bonds. The fraction of sp³-hybridized carbons (Fsp3) is 0.750. The van der Waals surface area contributed by atoms with Gasteiger partial charge in [-0.15, -0.1) is 0 Å². The maximum atomic E-state index is 10.9. The molecular formula is C4H9NO3Si. The van der Waals surface area contributed by atoms with E-state index in [9.17, 15) is 10.0 Å². The Kier molecular flexibility index (Phi) is 1.56. The quantitative estimate of drug-likeness (QED) is 0.275. The van der Waals surface area contributed by atoms with Gasteiger partial charge >= 0.3 is 5.59 Å². The Balaban J connectivity index is 2.33. The highest BCUT2D eigenvalue weighted by molar-refractivity contribution is 6.54. The van der Waals surface area contributed by atoms with E-state index in [0.717, 1.165) is 6.42 Å². The maximum absolute atomic E-state index is 10.9. The highest BCUT2D eigenvalue weighted by Gasteiger charge is 2.30. The van der Waals surface area contributed by atoms with Crippen molar-refractivity contribution in [3.8, 4) is 0 Å². The van der Waals surface area contributed by atoms with Gasteiger partial charge in [-0.05, 0) is 0 Å². The van der Waals surface area contributed by atoms with Crippen LogP contribution in [-0.4, -0.2) is 33.7 Å². The van der Waals surface area contributed by atoms with E-state index in [1.54, 1.807) is 0 Å². The smallest absolute Gasteiger partial charge is 0.322 e. The summed E-state index contributed by atoms with van der Waals surface area (Å²) >= 11 is 0. The summed E-state index contributed by atoms with van der Waals surface area (Å²) in [5, 5.41) is 10.9. The van der Waals surface area contributed by atoms with E-state index in [4.69, 9.17) is 0 Å². The maximum Gasteiger partial charge on any atom is 0.322 e. The standard InChI is InChI=1S/C4H9NO3Si/c6-4(9)8-5(7)2-1-3-5/h1-3H2,9H3. The van der Waals surface area contributed by atoms with Gasteiger partial charge in [0.2, 0.25) is 0 Å². The lowest BCUT2D eigenvalue weighted by Crippen LogP contribution is -2.53. The largest absolute Gasteiger partial charge is 0.589 e.